The molecule has 0 saturated carbocycles. The molecule has 1 aromatic heterocycles. The summed E-state index contributed by atoms with van der Waals surface area (Å²) in [6, 6.07) is 17.6. The van der Waals surface area contributed by atoms with Gasteiger partial charge in [-0.15, -0.1) is 0 Å². The van der Waals surface area contributed by atoms with Crippen molar-refractivity contribution in [3.05, 3.63) is 101 Å². The number of rotatable bonds is 4. The largest absolute Gasteiger partial charge is 0.507 e. The van der Waals surface area contributed by atoms with E-state index in [2.05, 4.69) is 4.98 Å². The first-order valence-electron chi connectivity index (χ1n) is 10.5. The lowest BCUT2D eigenvalue weighted by atomic mass is 9.94. The zero-order chi connectivity index (χ0) is 22.2. The Balaban J connectivity index is 1.62. The normalized spacial score (nSPS) is 21.5. The van der Waals surface area contributed by atoms with Gasteiger partial charge in [-0.05, 0) is 53.9 Å². The lowest BCUT2D eigenvalue weighted by Crippen LogP contribution is -2.29. The fourth-order valence-corrected chi connectivity index (χ4v) is 4.43. The van der Waals surface area contributed by atoms with Gasteiger partial charge in [-0.1, -0.05) is 30.3 Å². The van der Waals surface area contributed by atoms with Gasteiger partial charge in [-0.25, -0.2) is 0 Å². The molecule has 6 heteroatoms. The van der Waals surface area contributed by atoms with Gasteiger partial charge >= 0.3 is 0 Å². The summed E-state index contributed by atoms with van der Waals surface area (Å²) in [6.07, 6.45) is 4.10. The van der Waals surface area contributed by atoms with Gasteiger partial charge in [-0.2, -0.15) is 0 Å². The van der Waals surface area contributed by atoms with Crippen LogP contribution in [-0.4, -0.2) is 32.8 Å². The minimum absolute atomic E-state index is 0.0673. The van der Waals surface area contributed by atoms with E-state index in [1.54, 1.807) is 24.5 Å². The smallest absolute Gasteiger partial charge is 0.295 e. The first-order valence-corrected chi connectivity index (χ1v) is 10.5. The molecule has 32 heavy (non-hydrogen) atoms. The molecule has 2 aromatic carbocycles. The number of likely N-dealkylation sites (tertiary alicyclic amines) is 1. The SMILES string of the molecule is CC1Cc2cc(/C(O)=C3\C(=O)C(=O)N(Cc4ccncc4)C3c3ccccc3)ccc2O1. The van der Waals surface area contributed by atoms with Crippen LogP contribution in [0.3, 0.4) is 0 Å². The van der Waals surface area contributed by atoms with E-state index in [0.717, 1.165) is 28.9 Å². The summed E-state index contributed by atoms with van der Waals surface area (Å²) in [5, 5.41) is 11.3. The van der Waals surface area contributed by atoms with Crippen LogP contribution in [0.25, 0.3) is 5.76 Å². The third-order valence-corrected chi connectivity index (χ3v) is 5.93. The van der Waals surface area contributed by atoms with Gasteiger partial charge in [0.25, 0.3) is 11.7 Å². The highest BCUT2D eigenvalue weighted by Crippen LogP contribution is 2.41. The van der Waals surface area contributed by atoms with Crippen molar-refractivity contribution < 1.29 is 19.4 Å². The highest BCUT2D eigenvalue weighted by molar-refractivity contribution is 6.46. The van der Waals surface area contributed by atoms with Crippen molar-refractivity contribution in [1.29, 1.82) is 0 Å². The van der Waals surface area contributed by atoms with Crippen molar-refractivity contribution in [3.63, 3.8) is 0 Å². The van der Waals surface area contributed by atoms with E-state index in [-0.39, 0.29) is 24.0 Å². The molecule has 1 fully saturated rings. The third-order valence-electron chi connectivity index (χ3n) is 5.93. The number of benzene rings is 2. The molecule has 1 amide bonds. The number of ketones is 1. The van der Waals surface area contributed by atoms with Gasteiger partial charge in [0.1, 0.15) is 17.6 Å². The maximum Gasteiger partial charge on any atom is 0.295 e. The zero-order valence-corrected chi connectivity index (χ0v) is 17.6. The van der Waals surface area contributed by atoms with Crippen LogP contribution in [-0.2, 0) is 22.6 Å². The van der Waals surface area contributed by atoms with Gasteiger partial charge in [0.15, 0.2) is 0 Å². The molecule has 2 atom stereocenters. The van der Waals surface area contributed by atoms with Gasteiger partial charge < -0.3 is 14.7 Å². The summed E-state index contributed by atoms with van der Waals surface area (Å²) in [4.78, 5) is 31.7. The molecule has 160 valence electrons. The van der Waals surface area contributed by atoms with Crippen molar-refractivity contribution in [3.8, 4) is 5.75 Å². The fourth-order valence-electron chi connectivity index (χ4n) is 4.43. The van der Waals surface area contributed by atoms with E-state index >= 15 is 0 Å². The molecule has 1 N–H and O–H groups in total. The van der Waals surface area contributed by atoms with Crippen LogP contribution in [0.15, 0.2) is 78.6 Å². The molecular formula is C26H22N2O4. The molecular weight excluding hydrogens is 404 g/mol. The molecule has 0 spiro atoms. The Morgan fingerprint density at radius 3 is 2.59 bits per heavy atom. The van der Waals surface area contributed by atoms with Crippen LogP contribution in [0.5, 0.6) is 5.75 Å². The second-order valence-corrected chi connectivity index (χ2v) is 8.15. The number of carbonyl (C=O) groups excluding carboxylic acids is 2. The summed E-state index contributed by atoms with van der Waals surface area (Å²) in [7, 11) is 0. The van der Waals surface area contributed by atoms with Crippen molar-refractivity contribution >= 4 is 17.4 Å². The molecule has 6 nitrogen and oxygen atoms in total. The minimum atomic E-state index is -0.687. The van der Waals surface area contributed by atoms with Crippen molar-refractivity contribution in [1.82, 2.24) is 9.88 Å². The highest BCUT2D eigenvalue weighted by Gasteiger charge is 2.46. The number of hydrogen-bond donors (Lipinski definition) is 1. The molecule has 0 aliphatic carbocycles. The third kappa shape index (κ3) is 3.43. The van der Waals surface area contributed by atoms with E-state index in [0.29, 0.717) is 5.56 Å². The number of aliphatic hydroxyl groups excluding tert-OH is 1. The molecule has 2 unspecified atom stereocenters. The van der Waals surface area contributed by atoms with Crippen LogP contribution < -0.4 is 4.74 Å². The average Bonchev–Trinajstić information content (AvgIpc) is 3.31. The molecule has 0 bridgehead atoms. The van der Waals surface area contributed by atoms with E-state index in [1.165, 1.54) is 4.90 Å². The quantitative estimate of drug-likeness (QED) is 0.387. The number of carbonyl (C=O) groups is 2. The number of aromatic nitrogens is 1. The summed E-state index contributed by atoms with van der Waals surface area (Å²) >= 11 is 0. The second-order valence-electron chi connectivity index (χ2n) is 8.15. The van der Waals surface area contributed by atoms with Crippen LogP contribution in [0.1, 0.15) is 35.2 Å². The number of fused-ring (bicyclic) bond motifs is 1. The van der Waals surface area contributed by atoms with Crippen LogP contribution in [0.4, 0.5) is 0 Å². The Morgan fingerprint density at radius 2 is 1.84 bits per heavy atom. The predicted molar refractivity (Wildman–Crippen MR) is 119 cm³/mol. The highest BCUT2D eigenvalue weighted by atomic mass is 16.5. The molecule has 0 radical (unpaired) electrons. The zero-order valence-electron chi connectivity index (χ0n) is 17.6. The van der Waals surface area contributed by atoms with Gasteiger partial charge in [0, 0.05) is 30.9 Å². The summed E-state index contributed by atoms with van der Waals surface area (Å²) in [6.45, 7) is 2.22. The summed E-state index contributed by atoms with van der Waals surface area (Å²) in [5.41, 5.74) is 3.20. The lowest BCUT2D eigenvalue weighted by molar-refractivity contribution is -0.140. The second kappa shape index (κ2) is 7.96. The van der Waals surface area contributed by atoms with E-state index in [9.17, 15) is 14.7 Å². The first kappa shape index (κ1) is 20.0. The Bertz CT molecular complexity index is 1220. The van der Waals surface area contributed by atoms with Crippen molar-refractivity contribution in [2.75, 3.05) is 0 Å². The Morgan fingerprint density at radius 1 is 1.09 bits per heavy atom. The Kier molecular flexibility index (Phi) is 4.98. The molecule has 1 saturated heterocycles. The van der Waals surface area contributed by atoms with Crippen LogP contribution >= 0.6 is 0 Å². The topological polar surface area (TPSA) is 79.7 Å². The number of amides is 1. The molecule has 3 aromatic rings. The number of aliphatic hydroxyl groups is 1. The predicted octanol–water partition coefficient (Wildman–Crippen LogP) is 4.03. The maximum atomic E-state index is 13.1. The number of hydrogen-bond acceptors (Lipinski definition) is 5. The monoisotopic (exact) mass is 426 g/mol. The molecule has 5 rings (SSSR count). The lowest BCUT2D eigenvalue weighted by Gasteiger charge is -2.25. The molecule has 2 aliphatic heterocycles. The van der Waals surface area contributed by atoms with Crippen LogP contribution in [0.2, 0.25) is 0 Å². The Labute approximate surface area is 185 Å². The number of Topliss-reactive ketones (excluding diaryl/α,β-unsaturated/α-hetero) is 1. The maximum absolute atomic E-state index is 13.1. The van der Waals surface area contributed by atoms with Gasteiger partial charge in [0.2, 0.25) is 0 Å². The van der Waals surface area contributed by atoms with Crippen LogP contribution in [0, 0.1) is 0 Å². The summed E-state index contributed by atoms with van der Waals surface area (Å²) in [5.74, 6) is -0.700. The first-order chi connectivity index (χ1) is 15.5. The molecule has 2 aliphatic rings. The number of ether oxygens (including phenoxy) is 1. The van der Waals surface area contributed by atoms with Gasteiger partial charge in [-0.3, -0.25) is 14.6 Å². The Hall–Kier alpha value is -3.93. The molecule has 3 heterocycles. The van der Waals surface area contributed by atoms with E-state index in [1.807, 2.05) is 55.5 Å². The van der Waals surface area contributed by atoms with Crippen molar-refractivity contribution in [2.24, 2.45) is 0 Å². The van der Waals surface area contributed by atoms with E-state index < -0.39 is 17.7 Å². The van der Waals surface area contributed by atoms with E-state index in [4.69, 9.17) is 4.74 Å². The average molecular weight is 426 g/mol. The number of nitrogens with zero attached hydrogens (tertiary/aromatic N) is 2. The van der Waals surface area contributed by atoms with Crippen molar-refractivity contribution in [2.45, 2.75) is 32.0 Å². The summed E-state index contributed by atoms with van der Waals surface area (Å²) < 4.78 is 5.75. The van der Waals surface area contributed by atoms with Gasteiger partial charge in [0.05, 0.1) is 11.6 Å². The number of pyridine rings is 1. The fraction of sp³-hybridized carbons (Fsp3) is 0.192. The standard InChI is InChI=1S/C26H22N2O4/c1-16-13-20-14-19(7-8-21(20)32-16)24(29)22-23(18-5-3-2-4-6-18)28(26(31)25(22)30)15-17-9-11-27-12-10-17/h2-12,14,16,23,29H,13,15H2,1H3/b24-22+. The minimum Gasteiger partial charge on any atom is -0.507 e.